The van der Waals surface area contributed by atoms with E-state index in [0.29, 0.717) is 17.5 Å². The van der Waals surface area contributed by atoms with Crippen molar-refractivity contribution in [2.75, 3.05) is 0 Å². The molecule has 12 aromatic rings. The molecular weight excluding hydrogens is 699 g/mol. The third-order valence-corrected chi connectivity index (χ3v) is 11.1. The van der Waals surface area contributed by atoms with Crippen LogP contribution in [0.1, 0.15) is 0 Å². The standard InChI is InChI=1S/C51H31N5O/c1-3-15-32(16-4-1)49-52-50(33-17-5-2-6-18-33)54-51(53-49)34-19-13-20-35(29-34)55-41-24-10-7-21-36(41)39-31-45-40(30-44(39)55)37-22-8-11-25-42(37)56(45)43-26-14-28-47-48(43)38-23-9-12-27-46(38)57-47/h1-31H. The number of nitrogens with zero attached hydrogens (tertiary/aromatic N) is 5. The summed E-state index contributed by atoms with van der Waals surface area (Å²) in [5, 5.41) is 6.95. The Morgan fingerprint density at radius 3 is 1.49 bits per heavy atom. The molecule has 0 bridgehead atoms. The average Bonchev–Trinajstić information content (AvgIpc) is 3.93. The number of hydrogen-bond acceptors (Lipinski definition) is 4. The summed E-state index contributed by atoms with van der Waals surface area (Å²) in [4.78, 5) is 15.0. The number of aromatic nitrogens is 5. The molecule has 0 aliphatic carbocycles. The highest BCUT2D eigenvalue weighted by Crippen LogP contribution is 2.42. The third kappa shape index (κ3) is 4.87. The van der Waals surface area contributed by atoms with E-state index in [2.05, 4.69) is 124 Å². The second-order valence-electron chi connectivity index (χ2n) is 14.4. The van der Waals surface area contributed by atoms with Crippen molar-refractivity contribution in [2.24, 2.45) is 0 Å². The summed E-state index contributed by atoms with van der Waals surface area (Å²) in [6, 6.07) is 65.6. The normalized spacial score (nSPS) is 11.9. The maximum absolute atomic E-state index is 6.37. The van der Waals surface area contributed by atoms with Crippen molar-refractivity contribution in [3.63, 3.8) is 0 Å². The Bertz CT molecular complexity index is 3470. The van der Waals surface area contributed by atoms with Gasteiger partial charge in [-0.25, -0.2) is 15.0 Å². The predicted octanol–water partition coefficient (Wildman–Crippen LogP) is 13.0. The van der Waals surface area contributed by atoms with Crippen molar-refractivity contribution in [2.45, 2.75) is 0 Å². The molecule has 0 aliphatic rings. The molecule has 0 saturated carbocycles. The number of para-hydroxylation sites is 3. The fourth-order valence-electron chi connectivity index (χ4n) is 8.63. The lowest BCUT2D eigenvalue weighted by atomic mass is 10.1. The zero-order valence-corrected chi connectivity index (χ0v) is 30.5. The van der Waals surface area contributed by atoms with Crippen molar-refractivity contribution >= 4 is 65.6 Å². The van der Waals surface area contributed by atoms with Crippen LogP contribution < -0.4 is 0 Å². The summed E-state index contributed by atoms with van der Waals surface area (Å²) in [6.07, 6.45) is 0. The van der Waals surface area contributed by atoms with E-state index < -0.39 is 0 Å². The van der Waals surface area contributed by atoms with Crippen LogP contribution in [0.2, 0.25) is 0 Å². The van der Waals surface area contributed by atoms with Crippen LogP contribution in [-0.2, 0) is 0 Å². The van der Waals surface area contributed by atoms with Crippen LogP contribution in [0.5, 0.6) is 0 Å². The molecular formula is C51H31N5O. The van der Waals surface area contributed by atoms with Gasteiger partial charge < -0.3 is 13.6 Å². The van der Waals surface area contributed by atoms with Gasteiger partial charge in [-0.2, -0.15) is 0 Å². The Kier molecular flexibility index (Phi) is 6.83. The highest BCUT2D eigenvalue weighted by atomic mass is 16.3. The molecule has 4 heterocycles. The first-order chi connectivity index (χ1) is 28.3. The third-order valence-electron chi connectivity index (χ3n) is 11.1. The maximum atomic E-state index is 6.37. The summed E-state index contributed by atoms with van der Waals surface area (Å²) in [5.41, 5.74) is 11.2. The van der Waals surface area contributed by atoms with Gasteiger partial charge in [0.1, 0.15) is 11.2 Å². The van der Waals surface area contributed by atoms with E-state index in [1.807, 2.05) is 72.8 Å². The highest BCUT2D eigenvalue weighted by Gasteiger charge is 2.21. The second-order valence-corrected chi connectivity index (χ2v) is 14.4. The number of fused-ring (bicyclic) bond motifs is 9. The SMILES string of the molecule is c1ccc(-c2nc(-c3ccccc3)nc(-c3cccc(-n4c5ccccc5c5cc6c(cc54)c4ccccc4n6-c4cccc5oc6ccccc6c45)c3)n2)cc1. The van der Waals surface area contributed by atoms with Crippen LogP contribution in [0.15, 0.2) is 192 Å². The summed E-state index contributed by atoms with van der Waals surface area (Å²) < 4.78 is 11.2. The molecule has 0 unspecified atom stereocenters. The van der Waals surface area contributed by atoms with E-state index in [1.54, 1.807) is 0 Å². The van der Waals surface area contributed by atoms with Crippen LogP contribution in [0.3, 0.4) is 0 Å². The number of benzene rings is 8. The smallest absolute Gasteiger partial charge is 0.164 e. The second kappa shape index (κ2) is 12.3. The molecule has 266 valence electrons. The lowest BCUT2D eigenvalue weighted by Gasteiger charge is -2.12. The average molecular weight is 730 g/mol. The fourth-order valence-corrected chi connectivity index (χ4v) is 8.63. The van der Waals surface area contributed by atoms with Gasteiger partial charge in [0.15, 0.2) is 17.5 Å². The van der Waals surface area contributed by atoms with Gasteiger partial charge in [-0.1, -0.05) is 133 Å². The van der Waals surface area contributed by atoms with E-state index in [4.69, 9.17) is 19.4 Å². The van der Waals surface area contributed by atoms with Crippen molar-refractivity contribution in [3.05, 3.63) is 188 Å². The Balaban J connectivity index is 1.10. The van der Waals surface area contributed by atoms with Gasteiger partial charge in [0.2, 0.25) is 0 Å². The van der Waals surface area contributed by atoms with E-state index >= 15 is 0 Å². The van der Waals surface area contributed by atoms with Crippen molar-refractivity contribution in [1.29, 1.82) is 0 Å². The fraction of sp³-hybridized carbons (Fsp3) is 0. The molecule has 0 spiro atoms. The maximum Gasteiger partial charge on any atom is 0.164 e. The van der Waals surface area contributed by atoms with Gasteiger partial charge in [0, 0.05) is 49.3 Å². The first-order valence-electron chi connectivity index (χ1n) is 19.1. The number of furan rings is 1. The monoisotopic (exact) mass is 729 g/mol. The van der Waals surface area contributed by atoms with Gasteiger partial charge in [-0.05, 0) is 54.6 Å². The molecule has 0 aliphatic heterocycles. The van der Waals surface area contributed by atoms with Crippen LogP contribution in [0.4, 0.5) is 0 Å². The number of rotatable bonds is 5. The summed E-state index contributed by atoms with van der Waals surface area (Å²) in [5.74, 6) is 1.90. The lowest BCUT2D eigenvalue weighted by molar-refractivity contribution is 0.669. The molecule has 0 N–H and O–H groups in total. The Morgan fingerprint density at radius 1 is 0.333 bits per heavy atom. The quantitative estimate of drug-likeness (QED) is 0.177. The molecule has 4 aromatic heterocycles. The zero-order chi connectivity index (χ0) is 37.5. The van der Waals surface area contributed by atoms with Crippen molar-refractivity contribution in [1.82, 2.24) is 24.1 Å². The molecule has 0 saturated heterocycles. The summed E-state index contributed by atoms with van der Waals surface area (Å²) >= 11 is 0. The Morgan fingerprint density at radius 2 is 0.825 bits per heavy atom. The van der Waals surface area contributed by atoms with E-state index in [9.17, 15) is 0 Å². The minimum Gasteiger partial charge on any atom is -0.456 e. The van der Waals surface area contributed by atoms with Crippen LogP contribution in [0.25, 0.3) is 111 Å². The minimum absolute atomic E-state index is 0.622. The molecule has 0 atom stereocenters. The van der Waals surface area contributed by atoms with Crippen LogP contribution in [-0.4, -0.2) is 24.1 Å². The molecule has 0 radical (unpaired) electrons. The lowest BCUT2D eigenvalue weighted by Crippen LogP contribution is -2.01. The van der Waals surface area contributed by atoms with Crippen LogP contribution in [0, 0.1) is 0 Å². The van der Waals surface area contributed by atoms with Crippen molar-refractivity contribution < 1.29 is 4.42 Å². The molecule has 0 amide bonds. The largest absolute Gasteiger partial charge is 0.456 e. The number of hydrogen-bond donors (Lipinski definition) is 0. The topological polar surface area (TPSA) is 61.7 Å². The predicted molar refractivity (Wildman–Crippen MR) is 232 cm³/mol. The van der Waals surface area contributed by atoms with Crippen LogP contribution >= 0.6 is 0 Å². The highest BCUT2D eigenvalue weighted by molar-refractivity contribution is 6.20. The zero-order valence-electron chi connectivity index (χ0n) is 30.5. The van der Waals surface area contributed by atoms with E-state index in [0.717, 1.165) is 72.1 Å². The molecule has 12 rings (SSSR count). The molecule has 0 fully saturated rings. The van der Waals surface area contributed by atoms with E-state index in [-0.39, 0.29) is 0 Å². The Labute approximate surface area is 326 Å². The van der Waals surface area contributed by atoms with Gasteiger partial charge >= 0.3 is 0 Å². The van der Waals surface area contributed by atoms with Gasteiger partial charge in [0.25, 0.3) is 0 Å². The first kappa shape index (κ1) is 31.5. The molecule has 6 heteroatoms. The molecule has 6 nitrogen and oxygen atoms in total. The van der Waals surface area contributed by atoms with E-state index in [1.165, 1.54) is 21.5 Å². The van der Waals surface area contributed by atoms with Gasteiger partial charge in [-0.3, -0.25) is 0 Å². The molecule has 57 heavy (non-hydrogen) atoms. The molecule has 8 aromatic carbocycles. The first-order valence-corrected chi connectivity index (χ1v) is 19.1. The summed E-state index contributed by atoms with van der Waals surface area (Å²) in [7, 11) is 0. The van der Waals surface area contributed by atoms with Gasteiger partial charge in [0.05, 0.1) is 33.1 Å². The summed E-state index contributed by atoms with van der Waals surface area (Å²) in [6.45, 7) is 0. The minimum atomic E-state index is 0.622. The Hall–Kier alpha value is -7.83. The van der Waals surface area contributed by atoms with Crippen molar-refractivity contribution in [3.8, 4) is 45.5 Å². The van der Waals surface area contributed by atoms with Gasteiger partial charge in [-0.15, -0.1) is 0 Å².